The topological polar surface area (TPSA) is 17.8 Å². The van der Waals surface area contributed by atoms with Crippen LogP contribution in [0.5, 0.6) is 0 Å². The number of benzene rings is 2. The minimum Gasteiger partial charge on any atom is -0.342 e. The van der Waals surface area contributed by atoms with Gasteiger partial charge >= 0.3 is 0 Å². The minimum atomic E-state index is 1.05. The third kappa shape index (κ3) is 1.59. The van der Waals surface area contributed by atoms with Crippen LogP contribution in [-0.4, -0.2) is 9.55 Å². The number of aromatic nitrogens is 2. The van der Waals surface area contributed by atoms with Crippen LogP contribution < -0.4 is 0 Å². The highest BCUT2D eigenvalue weighted by Crippen LogP contribution is 2.35. The number of hydrogen-bond donors (Lipinski definition) is 0. The Hall–Kier alpha value is -1.87. The Morgan fingerprint density at radius 3 is 2.75 bits per heavy atom. The fourth-order valence-electron chi connectivity index (χ4n) is 2.90. The summed E-state index contributed by atoms with van der Waals surface area (Å²) in [5, 5.41) is 2.42. The van der Waals surface area contributed by atoms with Gasteiger partial charge in [-0.1, -0.05) is 28.1 Å². The van der Waals surface area contributed by atoms with Gasteiger partial charge in [-0.15, -0.1) is 0 Å². The molecule has 2 heterocycles. The van der Waals surface area contributed by atoms with Crippen molar-refractivity contribution in [3.8, 4) is 11.4 Å². The molecule has 0 unspecified atom stereocenters. The Balaban J connectivity index is 2.25. The van der Waals surface area contributed by atoms with Gasteiger partial charge in [-0.05, 0) is 42.8 Å². The van der Waals surface area contributed by atoms with Gasteiger partial charge in [-0.3, -0.25) is 0 Å². The number of hydrogen-bond acceptors (Lipinski definition) is 1. The zero-order valence-corrected chi connectivity index (χ0v) is 12.9. The first-order valence-corrected chi connectivity index (χ1v) is 7.38. The van der Waals surface area contributed by atoms with Crippen LogP contribution in [0, 0.1) is 6.92 Å². The van der Waals surface area contributed by atoms with Crippen molar-refractivity contribution in [2.24, 2.45) is 7.05 Å². The predicted octanol–water partition coefficient (Wildman–Crippen LogP) is 4.90. The molecule has 0 amide bonds. The monoisotopic (exact) mass is 324 g/mol. The summed E-state index contributed by atoms with van der Waals surface area (Å²) in [5.74, 6) is 0. The van der Waals surface area contributed by atoms with Crippen LogP contribution in [0.25, 0.3) is 33.2 Å². The molecule has 98 valence electrons. The normalized spacial score (nSPS) is 11.8. The van der Waals surface area contributed by atoms with Crippen LogP contribution >= 0.6 is 15.9 Å². The lowest BCUT2D eigenvalue weighted by molar-refractivity contribution is 0.966. The van der Waals surface area contributed by atoms with Gasteiger partial charge < -0.3 is 4.57 Å². The molecular formula is C17H13BrN2. The van der Waals surface area contributed by atoms with E-state index in [0.717, 1.165) is 15.7 Å². The molecule has 0 N–H and O–H groups in total. The summed E-state index contributed by atoms with van der Waals surface area (Å²) in [4.78, 5) is 4.75. The SMILES string of the molecule is Cc1ccc2cc3nc4ccc(Br)cc4c-3n(C)c2c1. The first-order chi connectivity index (χ1) is 9.63. The summed E-state index contributed by atoms with van der Waals surface area (Å²) in [6, 6.07) is 15.0. The van der Waals surface area contributed by atoms with Gasteiger partial charge in [-0.25, -0.2) is 4.98 Å². The van der Waals surface area contributed by atoms with Gasteiger partial charge in [0.15, 0.2) is 0 Å². The summed E-state index contributed by atoms with van der Waals surface area (Å²) >= 11 is 3.55. The van der Waals surface area contributed by atoms with Crippen molar-refractivity contribution in [1.29, 1.82) is 0 Å². The van der Waals surface area contributed by atoms with Gasteiger partial charge in [0, 0.05) is 27.8 Å². The molecule has 2 aromatic carbocycles. The van der Waals surface area contributed by atoms with Crippen molar-refractivity contribution in [2.75, 3.05) is 0 Å². The van der Waals surface area contributed by atoms with E-state index < -0.39 is 0 Å². The standard InChI is InChI=1S/C17H13BrN2/c1-10-3-4-11-8-15-17(20(2)16(11)7-10)13-9-12(18)5-6-14(13)19-15/h3-9H,1-2H3. The van der Waals surface area contributed by atoms with Gasteiger partial charge in [0.1, 0.15) is 0 Å². The second-order valence-electron chi connectivity index (χ2n) is 5.27. The van der Waals surface area contributed by atoms with E-state index in [1.165, 1.54) is 27.5 Å². The molecule has 0 radical (unpaired) electrons. The lowest BCUT2D eigenvalue weighted by Crippen LogP contribution is -1.99. The highest BCUT2D eigenvalue weighted by Gasteiger charge is 2.16. The summed E-state index contributed by atoms with van der Waals surface area (Å²) in [6.45, 7) is 2.13. The molecular weight excluding hydrogens is 312 g/mol. The van der Waals surface area contributed by atoms with Gasteiger partial charge in [0.25, 0.3) is 0 Å². The zero-order chi connectivity index (χ0) is 13.9. The van der Waals surface area contributed by atoms with Crippen molar-refractivity contribution in [1.82, 2.24) is 9.55 Å². The second-order valence-corrected chi connectivity index (χ2v) is 6.19. The van der Waals surface area contributed by atoms with Crippen molar-refractivity contribution < 1.29 is 0 Å². The van der Waals surface area contributed by atoms with Crippen molar-refractivity contribution >= 4 is 37.7 Å². The largest absolute Gasteiger partial charge is 0.342 e. The number of fused-ring (bicyclic) bond motifs is 4. The molecule has 0 fully saturated rings. The van der Waals surface area contributed by atoms with Crippen LogP contribution in [-0.2, 0) is 7.05 Å². The molecule has 0 saturated carbocycles. The molecule has 0 spiro atoms. The van der Waals surface area contributed by atoms with E-state index in [1.54, 1.807) is 0 Å². The van der Waals surface area contributed by atoms with Crippen LogP contribution in [0.15, 0.2) is 46.9 Å². The smallest absolute Gasteiger partial charge is 0.0887 e. The molecule has 0 aliphatic carbocycles. The molecule has 2 aliphatic rings. The Kier molecular flexibility index (Phi) is 2.42. The first kappa shape index (κ1) is 11.9. The molecule has 2 aliphatic heterocycles. The van der Waals surface area contributed by atoms with Gasteiger partial charge in [-0.2, -0.15) is 0 Å². The zero-order valence-electron chi connectivity index (χ0n) is 11.3. The van der Waals surface area contributed by atoms with E-state index in [1.807, 2.05) is 6.07 Å². The van der Waals surface area contributed by atoms with Crippen molar-refractivity contribution in [3.63, 3.8) is 0 Å². The summed E-state index contributed by atoms with van der Waals surface area (Å²) < 4.78 is 3.34. The molecule has 20 heavy (non-hydrogen) atoms. The average Bonchev–Trinajstić information content (AvgIpc) is 2.77. The molecule has 4 rings (SSSR count). The van der Waals surface area contributed by atoms with Crippen molar-refractivity contribution in [2.45, 2.75) is 6.92 Å². The lowest BCUT2D eigenvalue weighted by atomic mass is 10.1. The molecule has 2 nitrogen and oxygen atoms in total. The maximum absolute atomic E-state index is 4.75. The highest BCUT2D eigenvalue weighted by molar-refractivity contribution is 9.10. The Labute approximate surface area is 125 Å². The molecule has 2 aromatic rings. The van der Waals surface area contributed by atoms with E-state index in [4.69, 9.17) is 4.98 Å². The molecule has 0 atom stereocenters. The van der Waals surface area contributed by atoms with E-state index in [2.05, 4.69) is 70.9 Å². The third-order valence-corrected chi connectivity index (χ3v) is 4.37. The van der Waals surface area contributed by atoms with Crippen LogP contribution in [0.4, 0.5) is 0 Å². The van der Waals surface area contributed by atoms with Gasteiger partial charge in [0.05, 0.1) is 16.9 Å². The number of halogens is 1. The fourth-order valence-corrected chi connectivity index (χ4v) is 3.26. The highest BCUT2D eigenvalue weighted by atomic mass is 79.9. The fraction of sp³-hybridized carbons (Fsp3) is 0.118. The number of aryl methyl sites for hydroxylation is 2. The number of nitrogens with zero attached hydrogens (tertiary/aromatic N) is 2. The van der Waals surface area contributed by atoms with Crippen LogP contribution in [0.1, 0.15) is 5.56 Å². The van der Waals surface area contributed by atoms with Gasteiger partial charge in [0.2, 0.25) is 0 Å². The van der Waals surface area contributed by atoms with Crippen LogP contribution in [0.2, 0.25) is 0 Å². The molecule has 0 aromatic heterocycles. The van der Waals surface area contributed by atoms with Crippen LogP contribution in [0.3, 0.4) is 0 Å². The van der Waals surface area contributed by atoms with Crippen molar-refractivity contribution in [3.05, 3.63) is 52.5 Å². The van der Waals surface area contributed by atoms with E-state index in [0.29, 0.717) is 0 Å². The number of pyridine rings is 1. The molecule has 0 bridgehead atoms. The lowest BCUT2D eigenvalue weighted by Gasteiger charge is -2.12. The quantitative estimate of drug-likeness (QED) is 0.449. The first-order valence-electron chi connectivity index (χ1n) is 6.58. The minimum absolute atomic E-state index is 1.05. The second kappa shape index (κ2) is 4.06. The summed E-state index contributed by atoms with van der Waals surface area (Å²) in [5.41, 5.74) is 5.81. The average molecular weight is 325 g/mol. The summed E-state index contributed by atoms with van der Waals surface area (Å²) in [7, 11) is 2.12. The Morgan fingerprint density at radius 1 is 1.05 bits per heavy atom. The molecule has 3 heteroatoms. The predicted molar refractivity (Wildman–Crippen MR) is 87.3 cm³/mol. The maximum Gasteiger partial charge on any atom is 0.0887 e. The third-order valence-electron chi connectivity index (χ3n) is 3.87. The van der Waals surface area contributed by atoms with E-state index in [-0.39, 0.29) is 0 Å². The molecule has 0 saturated heterocycles. The maximum atomic E-state index is 4.75. The number of rotatable bonds is 0. The Bertz CT molecular complexity index is 937. The van der Waals surface area contributed by atoms with E-state index in [9.17, 15) is 0 Å². The Morgan fingerprint density at radius 2 is 1.90 bits per heavy atom. The summed E-state index contributed by atoms with van der Waals surface area (Å²) in [6.07, 6.45) is 0. The van der Waals surface area contributed by atoms with E-state index >= 15 is 0 Å².